The fourth-order valence-electron chi connectivity index (χ4n) is 3.21. The predicted molar refractivity (Wildman–Crippen MR) is 97.7 cm³/mol. The fraction of sp³-hybridized carbons (Fsp3) is 0.471. The Labute approximate surface area is 157 Å². The first-order valence-corrected chi connectivity index (χ1v) is 8.49. The summed E-state index contributed by atoms with van der Waals surface area (Å²) in [6.45, 7) is 7.23. The van der Waals surface area contributed by atoms with Crippen molar-refractivity contribution in [3.8, 4) is 17.2 Å². The topological polar surface area (TPSA) is 81.5 Å². The highest BCUT2D eigenvalue weighted by molar-refractivity contribution is 5.93. The van der Waals surface area contributed by atoms with Crippen molar-refractivity contribution < 1.29 is 14.3 Å². The molecule has 1 saturated heterocycles. The van der Waals surface area contributed by atoms with Gasteiger partial charge in [-0.1, -0.05) is 5.21 Å². The number of carbonyl (C=O) groups excluding carboxylic acids is 1. The third-order valence-corrected chi connectivity index (χ3v) is 4.63. The van der Waals surface area contributed by atoms with Crippen LogP contribution in [0, 0.1) is 6.92 Å². The number of halogens is 1. The number of fused-ring (bicyclic) bond motifs is 1. The van der Waals surface area contributed by atoms with E-state index < -0.39 is 0 Å². The summed E-state index contributed by atoms with van der Waals surface area (Å²) in [4.78, 5) is 14.7. The van der Waals surface area contributed by atoms with Gasteiger partial charge in [0, 0.05) is 31.7 Å². The number of hydrogen-bond acceptors (Lipinski definition) is 6. The molecule has 1 fully saturated rings. The number of carbonyl (C=O) groups is 1. The summed E-state index contributed by atoms with van der Waals surface area (Å²) in [5.41, 5.74) is 1.90. The Morgan fingerprint density at radius 1 is 1.27 bits per heavy atom. The van der Waals surface area contributed by atoms with Gasteiger partial charge in [-0.25, -0.2) is 4.68 Å². The Balaban J connectivity index is 0.00000196. The lowest BCUT2D eigenvalue weighted by Gasteiger charge is -2.33. The summed E-state index contributed by atoms with van der Waals surface area (Å²) >= 11 is 0. The first-order valence-electron chi connectivity index (χ1n) is 8.49. The molecule has 3 heterocycles. The van der Waals surface area contributed by atoms with Crippen LogP contribution in [-0.2, 0) is 0 Å². The van der Waals surface area contributed by atoms with Crippen LogP contribution in [0.2, 0.25) is 0 Å². The molecule has 1 amide bonds. The smallest absolute Gasteiger partial charge is 0.276 e. The number of ether oxygens (including phenoxy) is 2. The molecule has 26 heavy (non-hydrogen) atoms. The van der Waals surface area contributed by atoms with Gasteiger partial charge in [0.2, 0.25) is 0 Å². The zero-order chi connectivity index (χ0) is 17.4. The Morgan fingerprint density at radius 2 is 2.04 bits per heavy atom. The molecule has 2 aliphatic heterocycles. The molecular formula is C17H22ClN5O3. The lowest BCUT2D eigenvalue weighted by Crippen LogP contribution is -2.52. The summed E-state index contributed by atoms with van der Waals surface area (Å²) in [7, 11) is 0. The maximum Gasteiger partial charge on any atom is 0.276 e. The molecule has 2 aromatic rings. The number of aromatic nitrogens is 3. The van der Waals surface area contributed by atoms with Crippen molar-refractivity contribution in [2.45, 2.75) is 19.9 Å². The van der Waals surface area contributed by atoms with Crippen LogP contribution in [0.3, 0.4) is 0 Å². The van der Waals surface area contributed by atoms with Crippen LogP contribution >= 0.6 is 12.4 Å². The molecule has 1 aromatic heterocycles. The quantitative estimate of drug-likeness (QED) is 0.844. The van der Waals surface area contributed by atoms with Gasteiger partial charge in [-0.05, 0) is 26.0 Å². The van der Waals surface area contributed by atoms with E-state index in [0.717, 1.165) is 24.5 Å². The van der Waals surface area contributed by atoms with Gasteiger partial charge >= 0.3 is 0 Å². The molecule has 0 radical (unpaired) electrons. The number of piperazine rings is 1. The first kappa shape index (κ1) is 18.5. The van der Waals surface area contributed by atoms with Gasteiger partial charge in [0.25, 0.3) is 5.91 Å². The van der Waals surface area contributed by atoms with Crippen molar-refractivity contribution in [2.75, 3.05) is 32.8 Å². The molecule has 0 unspecified atom stereocenters. The molecule has 0 bridgehead atoms. The van der Waals surface area contributed by atoms with Gasteiger partial charge in [0.15, 0.2) is 17.2 Å². The van der Waals surface area contributed by atoms with E-state index in [1.54, 1.807) is 4.68 Å². The van der Waals surface area contributed by atoms with Gasteiger partial charge in [-0.15, -0.1) is 17.5 Å². The van der Waals surface area contributed by atoms with E-state index in [-0.39, 0.29) is 24.4 Å². The van der Waals surface area contributed by atoms with E-state index in [0.29, 0.717) is 36.9 Å². The van der Waals surface area contributed by atoms with E-state index in [9.17, 15) is 4.79 Å². The molecule has 1 atom stereocenters. The Bertz CT molecular complexity index is 810. The number of hydrogen-bond donors (Lipinski definition) is 1. The van der Waals surface area contributed by atoms with E-state index >= 15 is 0 Å². The third kappa shape index (κ3) is 3.22. The van der Waals surface area contributed by atoms with Crippen molar-refractivity contribution in [1.29, 1.82) is 0 Å². The summed E-state index contributed by atoms with van der Waals surface area (Å²) in [5, 5.41) is 11.6. The minimum atomic E-state index is -0.0738. The molecule has 0 spiro atoms. The van der Waals surface area contributed by atoms with Gasteiger partial charge in [0.05, 0.1) is 11.4 Å². The van der Waals surface area contributed by atoms with Crippen molar-refractivity contribution in [3.05, 3.63) is 29.6 Å². The second-order valence-electron chi connectivity index (χ2n) is 6.31. The summed E-state index contributed by atoms with van der Waals surface area (Å²) in [6.07, 6.45) is 0. The molecule has 140 valence electrons. The van der Waals surface area contributed by atoms with Crippen LogP contribution < -0.4 is 14.8 Å². The average molecular weight is 380 g/mol. The number of rotatable bonds is 2. The maximum absolute atomic E-state index is 12.8. The van der Waals surface area contributed by atoms with Crippen molar-refractivity contribution >= 4 is 18.3 Å². The summed E-state index contributed by atoms with van der Waals surface area (Å²) < 4.78 is 12.8. The van der Waals surface area contributed by atoms with Crippen molar-refractivity contribution in [1.82, 2.24) is 25.2 Å². The fourth-order valence-corrected chi connectivity index (χ4v) is 3.21. The molecule has 0 saturated carbocycles. The van der Waals surface area contributed by atoms with Gasteiger partial charge in [-0.3, -0.25) is 4.79 Å². The van der Waals surface area contributed by atoms with E-state index in [2.05, 4.69) is 15.6 Å². The zero-order valence-electron chi connectivity index (χ0n) is 14.8. The maximum atomic E-state index is 12.8. The number of nitrogens with zero attached hydrogens (tertiary/aromatic N) is 4. The van der Waals surface area contributed by atoms with Crippen LogP contribution in [0.5, 0.6) is 11.5 Å². The molecule has 1 aromatic carbocycles. The Kier molecular flexibility index (Phi) is 5.33. The lowest BCUT2D eigenvalue weighted by atomic mass is 10.2. The van der Waals surface area contributed by atoms with Crippen molar-refractivity contribution in [2.24, 2.45) is 0 Å². The highest BCUT2D eigenvalue weighted by Crippen LogP contribution is 2.32. The Morgan fingerprint density at radius 3 is 2.81 bits per heavy atom. The largest absolute Gasteiger partial charge is 0.486 e. The molecule has 9 heteroatoms. The number of nitrogens with one attached hydrogen (secondary N) is 1. The third-order valence-electron chi connectivity index (χ3n) is 4.63. The molecule has 0 aliphatic carbocycles. The van der Waals surface area contributed by atoms with E-state index in [1.165, 1.54) is 0 Å². The predicted octanol–water partition coefficient (Wildman–Crippen LogP) is 1.20. The number of benzene rings is 1. The van der Waals surface area contributed by atoms with Crippen LogP contribution in [0.25, 0.3) is 5.69 Å². The van der Waals surface area contributed by atoms with Crippen LogP contribution in [0.4, 0.5) is 0 Å². The minimum absolute atomic E-state index is 0. The average Bonchev–Trinajstić information content (AvgIpc) is 3.02. The van der Waals surface area contributed by atoms with E-state index in [1.807, 2.05) is 36.9 Å². The minimum Gasteiger partial charge on any atom is -0.486 e. The molecule has 1 N–H and O–H groups in total. The first-order chi connectivity index (χ1) is 12.1. The zero-order valence-corrected chi connectivity index (χ0v) is 15.6. The van der Waals surface area contributed by atoms with Gasteiger partial charge in [-0.2, -0.15) is 0 Å². The highest BCUT2D eigenvalue weighted by atomic mass is 35.5. The summed E-state index contributed by atoms with van der Waals surface area (Å²) in [6, 6.07) is 5.74. The SMILES string of the molecule is Cc1c(C(=O)N2CCNC[C@H]2C)nnn1-c1ccc2c(c1)OCCO2.Cl. The van der Waals surface area contributed by atoms with Crippen molar-refractivity contribution in [3.63, 3.8) is 0 Å². The molecule has 2 aliphatic rings. The van der Waals surface area contributed by atoms with Gasteiger partial charge < -0.3 is 19.7 Å². The molecular weight excluding hydrogens is 358 g/mol. The van der Waals surface area contributed by atoms with Crippen LogP contribution in [-0.4, -0.2) is 64.7 Å². The number of amides is 1. The second-order valence-corrected chi connectivity index (χ2v) is 6.31. The van der Waals surface area contributed by atoms with Crippen LogP contribution in [0.1, 0.15) is 23.1 Å². The van der Waals surface area contributed by atoms with Crippen LogP contribution in [0.15, 0.2) is 18.2 Å². The Hall–Kier alpha value is -2.32. The standard InChI is InChI=1S/C17H21N5O3.ClH/c1-11-10-18-5-6-21(11)17(23)16-12(2)22(20-19-16)13-3-4-14-15(9-13)25-8-7-24-14;/h3-4,9,11,18H,5-8,10H2,1-2H3;1H/t11-;/m1./s1. The molecule has 4 rings (SSSR count). The molecule has 8 nitrogen and oxygen atoms in total. The monoisotopic (exact) mass is 379 g/mol. The van der Waals surface area contributed by atoms with Gasteiger partial charge in [0.1, 0.15) is 13.2 Å². The normalized spacial score (nSPS) is 19.0. The van der Waals surface area contributed by atoms with E-state index in [4.69, 9.17) is 9.47 Å². The second kappa shape index (κ2) is 7.51. The lowest BCUT2D eigenvalue weighted by molar-refractivity contribution is 0.0649. The highest BCUT2D eigenvalue weighted by Gasteiger charge is 2.28. The summed E-state index contributed by atoms with van der Waals surface area (Å²) in [5.74, 6) is 1.33.